The molecule has 0 spiro atoms. The molecule has 0 heterocycles. The van der Waals surface area contributed by atoms with Crippen LogP contribution in [0.2, 0.25) is 0 Å². The van der Waals surface area contributed by atoms with E-state index in [2.05, 4.69) is 79.7 Å². The van der Waals surface area contributed by atoms with Crippen LogP contribution in [0.4, 0.5) is 0 Å². The molecule has 0 fully saturated rings. The third-order valence-corrected chi connectivity index (χ3v) is 3.87. The molecule has 3 rings (SSSR count). The van der Waals surface area contributed by atoms with Crippen molar-refractivity contribution in [2.75, 3.05) is 0 Å². The molecule has 0 nitrogen and oxygen atoms in total. The molecule has 1 unspecified atom stereocenters. The number of hydrogen-bond acceptors (Lipinski definition) is 0. The van der Waals surface area contributed by atoms with Crippen LogP contribution < -0.4 is 0 Å². The second-order valence-electron chi connectivity index (χ2n) is 5.33. The molecule has 0 heteroatoms. The van der Waals surface area contributed by atoms with E-state index in [-0.39, 0.29) is 0 Å². The standard InChI is InChI=1S/C20H19/c1-16(11-12-17-7-3-2-4-8-17)19-14-13-18-9-5-6-10-20(18)15-19/h2-10,13-16H,1,11-12H2. The number of fused-ring (bicyclic) bond motifs is 1. The Bertz CT molecular complexity index is 682. The lowest BCUT2D eigenvalue weighted by Crippen LogP contribution is -1.96. The van der Waals surface area contributed by atoms with E-state index in [0.717, 1.165) is 12.8 Å². The quantitative estimate of drug-likeness (QED) is 0.589. The molecule has 1 atom stereocenters. The van der Waals surface area contributed by atoms with Crippen LogP contribution in [0.5, 0.6) is 0 Å². The Morgan fingerprint density at radius 3 is 2.25 bits per heavy atom. The fourth-order valence-corrected chi connectivity index (χ4v) is 2.61. The van der Waals surface area contributed by atoms with E-state index < -0.39 is 0 Å². The van der Waals surface area contributed by atoms with Gasteiger partial charge in [0.05, 0.1) is 0 Å². The maximum atomic E-state index is 4.33. The lowest BCUT2D eigenvalue weighted by Gasteiger charge is -2.12. The van der Waals surface area contributed by atoms with Crippen LogP contribution in [-0.4, -0.2) is 0 Å². The molecule has 0 amide bonds. The highest BCUT2D eigenvalue weighted by Gasteiger charge is 2.06. The molecule has 0 saturated carbocycles. The van der Waals surface area contributed by atoms with Gasteiger partial charge in [-0.3, -0.25) is 0 Å². The van der Waals surface area contributed by atoms with Crippen molar-refractivity contribution >= 4 is 10.8 Å². The highest BCUT2D eigenvalue weighted by Crippen LogP contribution is 2.24. The third kappa shape index (κ3) is 2.91. The van der Waals surface area contributed by atoms with Crippen molar-refractivity contribution in [2.45, 2.75) is 18.8 Å². The maximum Gasteiger partial charge on any atom is -0.0158 e. The molecule has 99 valence electrons. The number of benzene rings is 3. The normalized spacial score (nSPS) is 12.4. The molecule has 0 aliphatic heterocycles. The minimum absolute atomic E-state index is 0.347. The molecule has 0 N–H and O–H groups in total. The Kier molecular flexibility index (Phi) is 3.83. The fraction of sp³-hybridized carbons (Fsp3) is 0.150. The summed E-state index contributed by atoms with van der Waals surface area (Å²) in [7, 11) is 0. The summed E-state index contributed by atoms with van der Waals surface area (Å²) in [5, 5.41) is 2.60. The van der Waals surface area contributed by atoms with Gasteiger partial charge in [-0.05, 0) is 47.6 Å². The second-order valence-corrected chi connectivity index (χ2v) is 5.33. The van der Waals surface area contributed by atoms with Gasteiger partial charge in [0, 0.05) is 0 Å². The largest absolute Gasteiger partial charge is 0.0622 e. The van der Waals surface area contributed by atoms with Crippen LogP contribution >= 0.6 is 0 Å². The molecular weight excluding hydrogens is 240 g/mol. The van der Waals surface area contributed by atoms with E-state index >= 15 is 0 Å². The van der Waals surface area contributed by atoms with Gasteiger partial charge >= 0.3 is 0 Å². The van der Waals surface area contributed by atoms with Crippen molar-refractivity contribution in [3.05, 3.63) is 90.8 Å². The molecule has 20 heavy (non-hydrogen) atoms. The summed E-state index contributed by atoms with van der Waals surface area (Å²) < 4.78 is 0. The summed E-state index contributed by atoms with van der Waals surface area (Å²) in [6.45, 7) is 4.33. The number of hydrogen-bond donors (Lipinski definition) is 0. The zero-order valence-corrected chi connectivity index (χ0v) is 11.6. The van der Waals surface area contributed by atoms with Crippen molar-refractivity contribution in [2.24, 2.45) is 0 Å². The van der Waals surface area contributed by atoms with Gasteiger partial charge in [-0.15, -0.1) is 0 Å². The molecule has 3 aromatic carbocycles. The maximum absolute atomic E-state index is 4.33. The first kappa shape index (κ1) is 12.9. The monoisotopic (exact) mass is 259 g/mol. The van der Waals surface area contributed by atoms with Gasteiger partial charge < -0.3 is 0 Å². The Morgan fingerprint density at radius 2 is 1.45 bits per heavy atom. The molecule has 3 aromatic rings. The summed E-state index contributed by atoms with van der Waals surface area (Å²) in [5.74, 6) is 0.347. The summed E-state index contributed by atoms with van der Waals surface area (Å²) in [6.07, 6.45) is 2.17. The van der Waals surface area contributed by atoms with E-state index in [1.54, 1.807) is 0 Å². The van der Waals surface area contributed by atoms with E-state index in [0.29, 0.717) is 5.92 Å². The zero-order valence-electron chi connectivity index (χ0n) is 11.6. The molecule has 0 aromatic heterocycles. The van der Waals surface area contributed by atoms with Gasteiger partial charge in [0.15, 0.2) is 0 Å². The highest BCUT2D eigenvalue weighted by molar-refractivity contribution is 5.83. The van der Waals surface area contributed by atoms with Crippen molar-refractivity contribution in [1.29, 1.82) is 0 Å². The van der Waals surface area contributed by atoms with E-state index in [1.807, 2.05) is 0 Å². The third-order valence-electron chi connectivity index (χ3n) is 3.87. The van der Waals surface area contributed by atoms with Gasteiger partial charge in [-0.25, -0.2) is 0 Å². The van der Waals surface area contributed by atoms with Crippen LogP contribution in [-0.2, 0) is 6.42 Å². The predicted molar refractivity (Wildman–Crippen MR) is 86.8 cm³/mol. The Labute approximate surface area is 121 Å². The summed E-state index contributed by atoms with van der Waals surface area (Å²) in [6, 6.07) is 25.8. The molecule has 0 aliphatic rings. The summed E-state index contributed by atoms with van der Waals surface area (Å²) >= 11 is 0. The first-order valence-corrected chi connectivity index (χ1v) is 7.18. The summed E-state index contributed by atoms with van der Waals surface area (Å²) in [5.41, 5.74) is 2.72. The van der Waals surface area contributed by atoms with Crippen molar-refractivity contribution in [3.63, 3.8) is 0 Å². The number of rotatable bonds is 4. The molecule has 0 saturated heterocycles. The first-order valence-electron chi connectivity index (χ1n) is 7.18. The summed E-state index contributed by atoms with van der Waals surface area (Å²) in [4.78, 5) is 0. The van der Waals surface area contributed by atoms with Gasteiger partial charge in [-0.2, -0.15) is 0 Å². The van der Waals surface area contributed by atoms with Crippen LogP contribution in [0.25, 0.3) is 10.8 Å². The zero-order chi connectivity index (χ0) is 13.8. The predicted octanol–water partition coefficient (Wildman–Crippen LogP) is 5.39. The van der Waals surface area contributed by atoms with Gasteiger partial charge in [0.1, 0.15) is 0 Å². The average Bonchev–Trinajstić information content (AvgIpc) is 2.53. The van der Waals surface area contributed by atoms with Crippen molar-refractivity contribution < 1.29 is 0 Å². The first-order chi connectivity index (χ1) is 9.83. The van der Waals surface area contributed by atoms with Crippen molar-refractivity contribution in [1.82, 2.24) is 0 Å². The Hall–Kier alpha value is -2.08. The minimum Gasteiger partial charge on any atom is -0.0622 e. The van der Waals surface area contributed by atoms with E-state index in [1.165, 1.54) is 21.9 Å². The average molecular weight is 259 g/mol. The lowest BCUT2D eigenvalue weighted by molar-refractivity contribution is 0.734. The molecule has 0 aliphatic carbocycles. The van der Waals surface area contributed by atoms with Crippen LogP contribution in [0.3, 0.4) is 0 Å². The van der Waals surface area contributed by atoms with Gasteiger partial charge in [0.2, 0.25) is 0 Å². The molecular formula is C20H19. The second kappa shape index (κ2) is 5.92. The topological polar surface area (TPSA) is 0 Å². The Morgan fingerprint density at radius 1 is 0.750 bits per heavy atom. The van der Waals surface area contributed by atoms with Crippen LogP contribution in [0, 0.1) is 6.92 Å². The molecule has 0 bridgehead atoms. The van der Waals surface area contributed by atoms with Crippen LogP contribution in [0.1, 0.15) is 23.5 Å². The van der Waals surface area contributed by atoms with Crippen molar-refractivity contribution in [3.8, 4) is 0 Å². The SMILES string of the molecule is [CH2]C(CCc1ccccc1)c1ccc2ccccc2c1. The van der Waals surface area contributed by atoms with Gasteiger partial charge in [-0.1, -0.05) is 72.8 Å². The Balaban J connectivity index is 1.73. The van der Waals surface area contributed by atoms with E-state index in [9.17, 15) is 0 Å². The minimum atomic E-state index is 0.347. The van der Waals surface area contributed by atoms with E-state index in [4.69, 9.17) is 0 Å². The molecule has 1 radical (unpaired) electrons. The lowest BCUT2D eigenvalue weighted by atomic mass is 9.92. The smallest absolute Gasteiger partial charge is 0.0158 e. The van der Waals surface area contributed by atoms with Gasteiger partial charge in [0.25, 0.3) is 0 Å². The number of aryl methyl sites for hydroxylation is 1. The van der Waals surface area contributed by atoms with Crippen LogP contribution in [0.15, 0.2) is 72.8 Å². The fourth-order valence-electron chi connectivity index (χ4n) is 2.61. The highest BCUT2D eigenvalue weighted by atomic mass is 14.1.